The normalized spacial score (nSPS) is 15.1. The van der Waals surface area contributed by atoms with Gasteiger partial charge in [0.1, 0.15) is 5.82 Å². The molecule has 2 aliphatic rings. The Labute approximate surface area is 295 Å². The second-order valence-electron chi connectivity index (χ2n) is 13.2. The average Bonchev–Trinajstić information content (AvgIpc) is 3.80. The first-order chi connectivity index (χ1) is 23.2. The molecule has 0 unspecified atom stereocenters. The van der Waals surface area contributed by atoms with Gasteiger partial charge in [-0.1, -0.05) is 73.3 Å². The fraction of sp³-hybridized carbons (Fsp3) is 0.238. The van der Waals surface area contributed by atoms with Gasteiger partial charge in [0, 0.05) is 40.6 Å². The molecule has 2 aliphatic carbocycles. The first-order valence-corrected chi connectivity index (χ1v) is 17.0. The molecule has 9 rings (SSSR count). The molecule has 0 amide bonds. The van der Waals surface area contributed by atoms with Crippen molar-refractivity contribution < 1.29 is 25.8 Å². The summed E-state index contributed by atoms with van der Waals surface area (Å²) >= 11 is 0. The number of para-hydroxylation sites is 1. The second kappa shape index (κ2) is 12.9. The minimum atomic E-state index is 0. The van der Waals surface area contributed by atoms with Crippen LogP contribution in [0.3, 0.4) is 0 Å². The van der Waals surface area contributed by atoms with Crippen molar-refractivity contribution in [3.05, 3.63) is 132 Å². The van der Waals surface area contributed by atoms with E-state index in [0.717, 1.165) is 38.9 Å². The molecule has 0 aliphatic heterocycles. The summed E-state index contributed by atoms with van der Waals surface area (Å²) in [6, 6.07) is 40.9. The van der Waals surface area contributed by atoms with E-state index in [-0.39, 0.29) is 21.1 Å². The molecule has 3 heterocycles. The number of rotatable bonds is 7. The van der Waals surface area contributed by atoms with Gasteiger partial charge in [0.2, 0.25) is 0 Å². The monoisotopic (exact) mass is 807 g/mol. The molecule has 7 aromatic rings. The number of fused-ring (bicyclic) bond motifs is 3. The number of nitrogens with zero attached hydrogens (tertiary/aromatic N) is 4. The maximum absolute atomic E-state index is 6.54. The zero-order chi connectivity index (χ0) is 31.3. The van der Waals surface area contributed by atoms with Crippen LogP contribution in [0, 0.1) is 19.1 Å². The first kappa shape index (κ1) is 30.8. The molecular weight excluding hydrogens is 772 g/mol. The molecule has 3 aromatic heterocycles. The van der Waals surface area contributed by atoms with Gasteiger partial charge in [0.15, 0.2) is 0 Å². The maximum Gasteiger partial charge on any atom is 2.00 e. The van der Waals surface area contributed by atoms with Gasteiger partial charge >= 0.3 is 21.1 Å². The Kier molecular flexibility index (Phi) is 8.26. The molecule has 4 aromatic carbocycles. The number of ether oxygens (including phenoxy) is 1. The van der Waals surface area contributed by atoms with Gasteiger partial charge in [-0.2, -0.15) is 17.2 Å². The Morgan fingerprint density at radius 3 is 2.33 bits per heavy atom. The van der Waals surface area contributed by atoms with Crippen LogP contribution >= 0.6 is 0 Å². The maximum atomic E-state index is 6.54. The largest absolute Gasteiger partial charge is 2.00 e. The molecule has 5 nitrogen and oxygen atoms in total. The van der Waals surface area contributed by atoms with Crippen LogP contribution in [0.1, 0.15) is 73.7 Å². The van der Waals surface area contributed by atoms with Gasteiger partial charge in [-0.3, -0.25) is 4.68 Å². The molecule has 0 atom stereocenters. The minimum absolute atomic E-state index is 0. The summed E-state index contributed by atoms with van der Waals surface area (Å²) in [7, 11) is 0. The van der Waals surface area contributed by atoms with Crippen molar-refractivity contribution in [1.29, 1.82) is 0 Å². The van der Waals surface area contributed by atoms with E-state index in [1.807, 2.05) is 24.4 Å². The third-order valence-electron chi connectivity index (χ3n) is 9.85. The van der Waals surface area contributed by atoms with Crippen LogP contribution in [0.5, 0.6) is 11.5 Å². The van der Waals surface area contributed by atoms with Gasteiger partial charge < -0.3 is 9.30 Å². The topological polar surface area (TPSA) is 44.9 Å². The van der Waals surface area contributed by atoms with E-state index < -0.39 is 0 Å². The summed E-state index contributed by atoms with van der Waals surface area (Å²) in [5.74, 6) is 3.16. The van der Waals surface area contributed by atoms with Crippen molar-refractivity contribution in [1.82, 2.24) is 19.3 Å². The van der Waals surface area contributed by atoms with E-state index in [0.29, 0.717) is 23.3 Å². The number of hydrogen-bond donors (Lipinski definition) is 0. The fourth-order valence-corrected chi connectivity index (χ4v) is 7.48. The van der Waals surface area contributed by atoms with Crippen LogP contribution in [-0.4, -0.2) is 19.3 Å². The number of benzene rings is 4. The van der Waals surface area contributed by atoms with Crippen molar-refractivity contribution >= 4 is 21.8 Å². The molecule has 0 spiro atoms. The minimum Gasteiger partial charge on any atom is -0.509 e. The molecule has 2 saturated carbocycles. The first-order valence-electron chi connectivity index (χ1n) is 17.0. The zero-order valence-electron chi connectivity index (χ0n) is 26.9. The number of aryl methyl sites for hydroxylation is 1. The van der Waals surface area contributed by atoms with Gasteiger partial charge in [-0.25, -0.2) is 4.98 Å². The summed E-state index contributed by atoms with van der Waals surface area (Å²) in [4.78, 5) is 4.72. The van der Waals surface area contributed by atoms with Crippen LogP contribution < -0.4 is 4.74 Å². The molecule has 0 bridgehead atoms. The molecule has 48 heavy (non-hydrogen) atoms. The zero-order valence-corrected chi connectivity index (χ0v) is 29.2. The molecular formula is C42H36N4OPt. The van der Waals surface area contributed by atoms with Gasteiger partial charge in [0.05, 0.1) is 11.4 Å². The van der Waals surface area contributed by atoms with Crippen molar-refractivity contribution in [3.8, 4) is 34.1 Å². The summed E-state index contributed by atoms with van der Waals surface area (Å²) < 4.78 is 10.9. The summed E-state index contributed by atoms with van der Waals surface area (Å²) in [5, 5.41) is 7.65. The summed E-state index contributed by atoms with van der Waals surface area (Å²) in [5.41, 5.74) is 9.31. The molecule has 0 saturated heterocycles. The number of hydrogen-bond acceptors (Lipinski definition) is 3. The predicted molar refractivity (Wildman–Crippen MR) is 188 cm³/mol. The van der Waals surface area contributed by atoms with Gasteiger partial charge in [-0.05, 0) is 73.0 Å². The standard InChI is InChI=1S/C42H36N4O.Pt/c1-28-23-24-43-39(25-28)45-37-18-9-8-17-35(37)36-22-21-34(27-38(36)45)47-33-16-10-15-32(26-33)46-42(31-13-6-3-7-14-31)40(29-11-4-2-5-12-29)41(44-46)30-19-20-30;/h2,4-5,8-12,15-18,21-25,30-31H,3,6-7,13-14,19-20H2,1H3;/q-2;+2. The Balaban J connectivity index is 0.00000336. The van der Waals surface area contributed by atoms with E-state index in [9.17, 15) is 0 Å². The summed E-state index contributed by atoms with van der Waals surface area (Å²) in [6.45, 7) is 2.09. The SMILES string of the molecule is Cc1ccnc(-n2c3[c-]c(Oc4[c-]c(-n5nc(C6CC6)c(-c6ccccc6)c5C5CCCCC5)ccc4)ccc3c3ccccc32)c1.[Pt+2]. The van der Waals surface area contributed by atoms with E-state index in [1.54, 1.807) is 0 Å². The van der Waals surface area contributed by atoms with Crippen LogP contribution in [0.25, 0.3) is 44.4 Å². The van der Waals surface area contributed by atoms with E-state index >= 15 is 0 Å². The molecule has 0 radical (unpaired) electrons. The number of pyridine rings is 1. The Morgan fingerprint density at radius 2 is 1.52 bits per heavy atom. The van der Waals surface area contributed by atoms with Crippen molar-refractivity contribution in [2.24, 2.45) is 0 Å². The predicted octanol–water partition coefficient (Wildman–Crippen LogP) is 10.7. The second-order valence-corrected chi connectivity index (χ2v) is 13.2. The van der Waals surface area contributed by atoms with Gasteiger partial charge in [0.25, 0.3) is 0 Å². The van der Waals surface area contributed by atoms with Crippen LogP contribution in [0.15, 0.2) is 103 Å². The average molecular weight is 808 g/mol. The third-order valence-corrected chi connectivity index (χ3v) is 9.85. The Bertz CT molecular complexity index is 2240. The number of aromatic nitrogens is 4. The Morgan fingerprint density at radius 1 is 0.729 bits per heavy atom. The van der Waals surface area contributed by atoms with Gasteiger partial charge in [-0.15, -0.1) is 35.7 Å². The van der Waals surface area contributed by atoms with Crippen molar-refractivity contribution in [2.45, 2.75) is 63.7 Å². The quantitative estimate of drug-likeness (QED) is 0.151. The summed E-state index contributed by atoms with van der Waals surface area (Å²) in [6.07, 6.45) is 10.5. The molecule has 2 fully saturated rings. The van der Waals surface area contributed by atoms with Crippen LogP contribution in [0.4, 0.5) is 0 Å². The molecule has 0 N–H and O–H groups in total. The Hall–Kier alpha value is -4.47. The molecule has 240 valence electrons. The van der Waals surface area contributed by atoms with E-state index in [2.05, 4.69) is 107 Å². The van der Waals surface area contributed by atoms with Crippen LogP contribution in [0.2, 0.25) is 0 Å². The van der Waals surface area contributed by atoms with Crippen molar-refractivity contribution in [3.63, 3.8) is 0 Å². The third kappa shape index (κ3) is 5.58. The smallest absolute Gasteiger partial charge is 0.509 e. The molecule has 6 heteroatoms. The van der Waals surface area contributed by atoms with Crippen molar-refractivity contribution in [2.75, 3.05) is 0 Å². The van der Waals surface area contributed by atoms with Crippen LogP contribution in [-0.2, 0) is 21.1 Å². The van der Waals surface area contributed by atoms with E-state index in [1.165, 1.54) is 67.5 Å². The van der Waals surface area contributed by atoms with E-state index in [4.69, 9.17) is 14.8 Å². The fourth-order valence-electron chi connectivity index (χ4n) is 7.48.